The van der Waals surface area contributed by atoms with Gasteiger partial charge in [-0.3, -0.25) is 15.6 Å². The van der Waals surface area contributed by atoms with Crippen molar-refractivity contribution in [3.8, 4) is 0 Å². The Bertz CT molecular complexity index is 433. The van der Waals surface area contributed by atoms with E-state index in [4.69, 9.17) is 5.84 Å². The molecule has 0 saturated heterocycles. The molecule has 0 radical (unpaired) electrons. The fraction of sp³-hybridized carbons (Fsp3) is 0.571. The summed E-state index contributed by atoms with van der Waals surface area (Å²) in [5, 5.41) is 0. The molecule has 0 atom stereocenters. The first-order valence-electron chi connectivity index (χ1n) is 6.80. The van der Waals surface area contributed by atoms with Crippen LogP contribution in [0.4, 0.5) is 5.69 Å². The van der Waals surface area contributed by atoms with Crippen LogP contribution >= 0.6 is 0 Å². The standard InChI is InChI=1S/C14H25N5O/c1-11(2)10-19(8-7-18(3)4)14(20)12-5-6-16-9-13(12)17-15/h5-6,9,11,17H,7-8,10,15H2,1-4H3. The zero-order chi connectivity index (χ0) is 15.1. The second kappa shape index (κ2) is 7.81. The van der Waals surface area contributed by atoms with E-state index in [9.17, 15) is 4.79 Å². The molecular formula is C14H25N5O. The predicted octanol–water partition coefficient (Wildman–Crippen LogP) is 1.03. The molecule has 0 aliphatic heterocycles. The van der Waals surface area contributed by atoms with E-state index in [0.717, 1.165) is 13.1 Å². The number of anilines is 1. The Kier molecular flexibility index (Phi) is 6.41. The average molecular weight is 279 g/mol. The molecule has 20 heavy (non-hydrogen) atoms. The highest BCUT2D eigenvalue weighted by molar-refractivity contribution is 5.99. The van der Waals surface area contributed by atoms with Gasteiger partial charge in [0.2, 0.25) is 0 Å². The molecular weight excluding hydrogens is 254 g/mol. The number of aromatic nitrogens is 1. The number of amides is 1. The lowest BCUT2D eigenvalue weighted by Gasteiger charge is -2.26. The van der Waals surface area contributed by atoms with Gasteiger partial charge in [0.1, 0.15) is 0 Å². The van der Waals surface area contributed by atoms with Crippen molar-refractivity contribution in [3.63, 3.8) is 0 Å². The van der Waals surface area contributed by atoms with E-state index in [1.165, 1.54) is 0 Å². The van der Waals surface area contributed by atoms with E-state index in [-0.39, 0.29) is 5.91 Å². The van der Waals surface area contributed by atoms with Crippen molar-refractivity contribution in [2.24, 2.45) is 11.8 Å². The smallest absolute Gasteiger partial charge is 0.256 e. The molecule has 1 rings (SSSR count). The van der Waals surface area contributed by atoms with Crippen LogP contribution < -0.4 is 11.3 Å². The molecule has 0 aliphatic carbocycles. The lowest BCUT2D eigenvalue weighted by molar-refractivity contribution is 0.0725. The molecule has 0 bridgehead atoms. The van der Waals surface area contributed by atoms with Gasteiger partial charge in [0.15, 0.2) is 0 Å². The monoisotopic (exact) mass is 279 g/mol. The van der Waals surface area contributed by atoms with Crippen molar-refractivity contribution in [3.05, 3.63) is 24.0 Å². The van der Waals surface area contributed by atoms with Crippen molar-refractivity contribution in [2.45, 2.75) is 13.8 Å². The number of likely N-dealkylation sites (N-methyl/N-ethyl adjacent to an activating group) is 1. The molecule has 0 unspecified atom stereocenters. The third-order valence-electron chi connectivity index (χ3n) is 2.90. The number of nitrogens with one attached hydrogen (secondary N) is 1. The van der Waals surface area contributed by atoms with E-state index in [0.29, 0.717) is 23.7 Å². The van der Waals surface area contributed by atoms with Gasteiger partial charge in [0.05, 0.1) is 17.4 Å². The Morgan fingerprint density at radius 1 is 1.40 bits per heavy atom. The van der Waals surface area contributed by atoms with E-state index in [1.807, 2.05) is 19.0 Å². The first-order valence-corrected chi connectivity index (χ1v) is 6.80. The SMILES string of the molecule is CC(C)CN(CCN(C)C)C(=O)c1ccncc1NN. The van der Waals surface area contributed by atoms with Crippen LogP contribution in [0.3, 0.4) is 0 Å². The third kappa shape index (κ3) is 4.79. The highest BCUT2D eigenvalue weighted by Crippen LogP contribution is 2.15. The zero-order valence-corrected chi connectivity index (χ0v) is 12.8. The molecule has 0 aliphatic rings. The summed E-state index contributed by atoms with van der Waals surface area (Å²) in [6, 6.07) is 1.69. The van der Waals surface area contributed by atoms with Crippen molar-refractivity contribution >= 4 is 11.6 Å². The maximum Gasteiger partial charge on any atom is 0.256 e. The van der Waals surface area contributed by atoms with E-state index >= 15 is 0 Å². The van der Waals surface area contributed by atoms with Gasteiger partial charge in [-0.15, -0.1) is 0 Å². The van der Waals surface area contributed by atoms with Gasteiger partial charge < -0.3 is 15.2 Å². The average Bonchev–Trinajstić information content (AvgIpc) is 2.42. The number of nitrogens with zero attached hydrogens (tertiary/aromatic N) is 3. The summed E-state index contributed by atoms with van der Waals surface area (Å²) in [4.78, 5) is 20.6. The number of nitrogen functional groups attached to an aromatic ring is 1. The Hall–Kier alpha value is -1.66. The Balaban J connectivity index is 2.91. The van der Waals surface area contributed by atoms with Crippen LogP contribution in [0.15, 0.2) is 18.5 Å². The van der Waals surface area contributed by atoms with E-state index in [1.54, 1.807) is 18.5 Å². The molecule has 6 heteroatoms. The highest BCUT2D eigenvalue weighted by atomic mass is 16.2. The van der Waals surface area contributed by atoms with Gasteiger partial charge in [-0.25, -0.2) is 0 Å². The van der Waals surface area contributed by atoms with Crippen LogP contribution in [0.5, 0.6) is 0 Å². The number of hydrazine groups is 1. The lowest BCUT2D eigenvalue weighted by atomic mass is 10.1. The number of carbonyl (C=O) groups excluding carboxylic acids is 1. The maximum absolute atomic E-state index is 12.7. The Morgan fingerprint density at radius 3 is 2.65 bits per heavy atom. The topological polar surface area (TPSA) is 74.5 Å². The summed E-state index contributed by atoms with van der Waals surface area (Å²) in [6.45, 7) is 6.44. The quantitative estimate of drug-likeness (QED) is 0.576. The highest BCUT2D eigenvalue weighted by Gasteiger charge is 2.19. The fourth-order valence-corrected chi connectivity index (χ4v) is 1.90. The molecule has 1 aromatic rings. The van der Waals surface area contributed by atoms with Gasteiger partial charge >= 0.3 is 0 Å². The largest absolute Gasteiger partial charge is 0.337 e. The van der Waals surface area contributed by atoms with Crippen LogP contribution in [0.1, 0.15) is 24.2 Å². The first kappa shape index (κ1) is 16.4. The Labute approximate surface area is 120 Å². The number of hydrogen-bond acceptors (Lipinski definition) is 5. The van der Waals surface area contributed by atoms with E-state index < -0.39 is 0 Å². The summed E-state index contributed by atoms with van der Waals surface area (Å²) in [5.74, 6) is 5.84. The second-order valence-corrected chi connectivity index (χ2v) is 5.51. The molecule has 1 amide bonds. The first-order chi connectivity index (χ1) is 9.45. The minimum atomic E-state index is -0.0177. The number of carbonyl (C=O) groups is 1. The van der Waals surface area contributed by atoms with E-state index in [2.05, 4.69) is 29.2 Å². The number of pyridine rings is 1. The number of nitrogens with two attached hydrogens (primary N) is 1. The maximum atomic E-state index is 12.7. The van der Waals surface area contributed by atoms with Crippen molar-refractivity contribution in [1.29, 1.82) is 0 Å². The van der Waals surface area contributed by atoms with Crippen LogP contribution in [0, 0.1) is 5.92 Å². The summed E-state index contributed by atoms with van der Waals surface area (Å²) in [7, 11) is 3.99. The van der Waals surface area contributed by atoms with Crippen molar-refractivity contribution in [2.75, 3.05) is 39.2 Å². The van der Waals surface area contributed by atoms with Crippen molar-refractivity contribution < 1.29 is 4.79 Å². The van der Waals surface area contributed by atoms with Gasteiger partial charge in [0.25, 0.3) is 5.91 Å². The molecule has 0 aromatic carbocycles. The fourth-order valence-electron chi connectivity index (χ4n) is 1.90. The molecule has 0 saturated carbocycles. The van der Waals surface area contributed by atoms with Gasteiger partial charge in [-0.05, 0) is 26.1 Å². The predicted molar refractivity (Wildman–Crippen MR) is 81.3 cm³/mol. The van der Waals surface area contributed by atoms with Crippen molar-refractivity contribution in [1.82, 2.24) is 14.8 Å². The molecule has 0 spiro atoms. The van der Waals surface area contributed by atoms with Crippen LogP contribution in [0.25, 0.3) is 0 Å². The number of rotatable bonds is 7. The summed E-state index contributed by atoms with van der Waals surface area (Å²) >= 11 is 0. The molecule has 1 aromatic heterocycles. The van der Waals surface area contributed by atoms with Gasteiger partial charge in [-0.1, -0.05) is 13.8 Å². The van der Waals surface area contributed by atoms with Gasteiger partial charge in [0, 0.05) is 25.8 Å². The molecule has 112 valence electrons. The van der Waals surface area contributed by atoms with Crippen LogP contribution in [0.2, 0.25) is 0 Å². The molecule has 1 heterocycles. The summed E-state index contributed by atoms with van der Waals surface area (Å²) < 4.78 is 0. The minimum absolute atomic E-state index is 0.0177. The third-order valence-corrected chi connectivity index (χ3v) is 2.90. The minimum Gasteiger partial charge on any atom is -0.337 e. The Morgan fingerprint density at radius 2 is 2.10 bits per heavy atom. The van der Waals surface area contributed by atoms with Gasteiger partial charge in [-0.2, -0.15) is 0 Å². The van der Waals surface area contributed by atoms with Crippen LogP contribution in [-0.2, 0) is 0 Å². The second-order valence-electron chi connectivity index (χ2n) is 5.51. The van der Waals surface area contributed by atoms with Crippen LogP contribution in [-0.4, -0.2) is 54.4 Å². The molecule has 6 nitrogen and oxygen atoms in total. The summed E-state index contributed by atoms with van der Waals surface area (Å²) in [5.41, 5.74) is 3.64. The number of hydrogen-bond donors (Lipinski definition) is 2. The lowest BCUT2D eigenvalue weighted by Crippen LogP contribution is -2.39. The summed E-state index contributed by atoms with van der Waals surface area (Å²) in [6.07, 6.45) is 3.17. The molecule has 0 fully saturated rings. The molecule has 3 N–H and O–H groups in total. The zero-order valence-electron chi connectivity index (χ0n) is 12.8. The normalized spacial score (nSPS) is 10.9.